The number of nitrogens with one attached hydrogen (secondary N) is 1. The molecule has 9 nitrogen and oxygen atoms in total. The quantitative estimate of drug-likeness (QED) is 0.186. The van der Waals surface area contributed by atoms with Crippen molar-refractivity contribution in [1.29, 1.82) is 0 Å². The highest BCUT2D eigenvalue weighted by Gasteiger charge is 2.21. The fourth-order valence-electron chi connectivity index (χ4n) is 4.56. The molecule has 0 saturated carbocycles. The molecule has 5 rings (SSSR count). The molecular formula is C30H30N4O5. The molecule has 1 fully saturated rings. The summed E-state index contributed by atoms with van der Waals surface area (Å²) in [6.45, 7) is 12.6. The van der Waals surface area contributed by atoms with E-state index in [1.807, 2.05) is 55.5 Å². The van der Waals surface area contributed by atoms with E-state index < -0.39 is 5.97 Å². The van der Waals surface area contributed by atoms with E-state index in [-0.39, 0.29) is 12.9 Å². The zero-order valence-electron chi connectivity index (χ0n) is 22.0. The lowest BCUT2D eigenvalue weighted by Crippen LogP contribution is -2.22. The summed E-state index contributed by atoms with van der Waals surface area (Å²) in [5.74, 6) is 0.953. The molecule has 0 bridgehead atoms. The van der Waals surface area contributed by atoms with Crippen molar-refractivity contribution >= 4 is 28.5 Å². The largest absolute Gasteiger partial charge is 0.462 e. The van der Waals surface area contributed by atoms with E-state index in [2.05, 4.69) is 15.3 Å². The summed E-state index contributed by atoms with van der Waals surface area (Å²) in [5.41, 5.74) is 4.15. The highest BCUT2D eigenvalue weighted by Crippen LogP contribution is 2.37. The molecule has 1 N–H and O–H groups in total. The van der Waals surface area contributed by atoms with Gasteiger partial charge in [-0.2, -0.15) is 5.10 Å². The smallest absolute Gasteiger partial charge is 0.340 e. The normalized spacial score (nSPS) is 15.1. The fourth-order valence-corrected chi connectivity index (χ4v) is 4.56. The molecule has 3 heterocycles. The highest BCUT2D eigenvalue weighted by atomic mass is 16.7. The van der Waals surface area contributed by atoms with Crippen LogP contribution in [0.15, 0.2) is 60.9 Å². The van der Waals surface area contributed by atoms with E-state index in [1.54, 1.807) is 17.6 Å². The first-order valence-electron chi connectivity index (χ1n) is 13.0. The first kappa shape index (κ1) is 26.2. The van der Waals surface area contributed by atoms with Gasteiger partial charge in [0.15, 0.2) is 6.29 Å². The molecule has 1 aliphatic rings. The number of hydrogen-bond donors (Lipinski definition) is 1. The van der Waals surface area contributed by atoms with Crippen LogP contribution in [0.1, 0.15) is 47.7 Å². The average Bonchev–Trinajstić information content (AvgIpc) is 3.31. The Morgan fingerprint density at radius 1 is 1.23 bits per heavy atom. The minimum atomic E-state index is -0.428. The van der Waals surface area contributed by atoms with Crippen LogP contribution in [0.25, 0.3) is 10.4 Å². The molecule has 0 spiro atoms. The number of rotatable bonds is 9. The lowest BCUT2D eigenvalue weighted by Gasteiger charge is -2.23. The molecule has 0 amide bonds. The molecule has 1 atom stereocenters. The zero-order chi connectivity index (χ0) is 27.2. The van der Waals surface area contributed by atoms with E-state index in [1.165, 1.54) is 6.20 Å². The molecular weight excluding hydrogens is 496 g/mol. The molecule has 1 saturated heterocycles. The van der Waals surface area contributed by atoms with Gasteiger partial charge in [0.05, 0.1) is 42.8 Å². The summed E-state index contributed by atoms with van der Waals surface area (Å²) in [6.07, 6.45) is 5.82. The topological polar surface area (TPSA) is 87.7 Å². The van der Waals surface area contributed by atoms with Crippen LogP contribution in [-0.2, 0) is 20.8 Å². The average molecular weight is 527 g/mol. The number of anilines is 2. The number of carbonyl (C=O) groups is 1. The summed E-state index contributed by atoms with van der Waals surface area (Å²) in [5, 5.41) is 7.73. The second-order valence-electron chi connectivity index (χ2n) is 9.17. The van der Waals surface area contributed by atoms with Crippen LogP contribution >= 0.6 is 0 Å². The third-order valence-electron chi connectivity index (χ3n) is 6.52. The highest BCUT2D eigenvalue weighted by molar-refractivity contribution is 5.98. The van der Waals surface area contributed by atoms with E-state index >= 15 is 0 Å². The summed E-state index contributed by atoms with van der Waals surface area (Å²) >= 11 is 0. The predicted octanol–water partition coefficient (Wildman–Crippen LogP) is 6.95. The second-order valence-corrected chi connectivity index (χ2v) is 9.17. The van der Waals surface area contributed by atoms with Crippen LogP contribution in [0.3, 0.4) is 0 Å². The van der Waals surface area contributed by atoms with Crippen molar-refractivity contribution in [3.8, 4) is 11.5 Å². The molecule has 9 heteroatoms. The van der Waals surface area contributed by atoms with Crippen molar-refractivity contribution < 1.29 is 23.7 Å². The van der Waals surface area contributed by atoms with Gasteiger partial charge >= 0.3 is 5.97 Å². The minimum absolute atomic E-state index is 0.252. The number of aryl methyl sites for hydroxylation is 1. The van der Waals surface area contributed by atoms with Crippen molar-refractivity contribution in [3.63, 3.8) is 0 Å². The molecule has 0 aliphatic carbocycles. The van der Waals surface area contributed by atoms with Crippen LogP contribution in [0, 0.1) is 13.5 Å². The van der Waals surface area contributed by atoms with Gasteiger partial charge in [-0.25, -0.2) is 14.2 Å². The van der Waals surface area contributed by atoms with Crippen LogP contribution in [0.5, 0.6) is 11.5 Å². The van der Waals surface area contributed by atoms with Crippen LogP contribution in [0.2, 0.25) is 0 Å². The lowest BCUT2D eigenvalue weighted by molar-refractivity contribution is -0.169. The van der Waals surface area contributed by atoms with Crippen LogP contribution < -0.4 is 10.1 Å². The number of ether oxygens (including phenoxy) is 4. The monoisotopic (exact) mass is 526 g/mol. The molecule has 2 aromatic carbocycles. The Morgan fingerprint density at radius 3 is 2.82 bits per heavy atom. The van der Waals surface area contributed by atoms with Crippen molar-refractivity contribution in [1.82, 2.24) is 9.61 Å². The Labute approximate surface area is 227 Å². The SMILES string of the molecule is [C-]#[N+]c1cnn2cc(C(=O)OCC)c(C)c2c1Nc1ccc(Oc2ccccc2)c(COC2CCCCO2)c1. The van der Waals surface area contributed by atoms with Crippen molar-refractivity contribution in [2.75, 3.05) is 18.5 Å². The van der Waals surface area contributed by atoms with E-state index in [0.717, 1.165) is 36.3 Å². The Morgan fingerprint density at radius 2 is 2.08 bits per heavy atom. The van der Waals surface area contributed by atoms with Gasteiger partial charge in [0.25, 0.3) is 0 Å². The van der Waals surface area contributed by atoms with Gasteiger partial charge in [0.1, 0.15) is 11.5 Å². The predicted molar refractivity (Wildman–Crippen MR) is 147 cm³/mol. The van der Waals surface area contributed by atoms with Gasteiger partial charge in [-0.3, -0.25) is 0 Å². The summed E-state index contributed by atoms with van der Waals surface area (Å²) in [6, 6.07) is 15.3. The Bertz CT molecular complexity index is 1500. The maximum atomic E-state index is 12.5. The molecule has 1 unspecified atom stereocenters. The minimum Gasteiger partial charge on any atom is -0.462 e. The summed E-state index contributed by atoms with van der Waals surface area (Å²) in [4.78, 5) is 16.2. The molecule has 200 valence electrons. The third-order valence-corrected chi connectivity index (χ3v) is 6.52. The fraction of sp³-hybridized carbons (Fsp3) is 0.300. The maximum absolute atomic E-state index is 12.5. The third kappa shape index (κ3) is 5.87. The van der Waals surface area contributed by atoms with E-state index in [4.69, 9.17) is 25.5 Å². The molecule has 39 heavy (non-hydrogen) atoms. The van der Waals surface area contributed by atoms with Crippen molar-refractivity contribution in [2.24, 2.45) is 0 Å². The zero-order valence-corrected chi connectivity index (χ0v) is 22.0. The van der Waals surface area contributed by atoms with Gasteiger partial charge in [-0.05, 0) is 69.0 Å². The lowest BCUT2D eigenvalue weighted by atomic mass is 10.1. The Hall–Kier alpha value is -4.39. The van der Waals surface area contributed by atoms with Gasteiger partial charge in [0.2, 0.25) is 5.69 Å². The van der Waals surface area contributed by atoms with Gasteiger partial charge in [-0.1, -0.05) is 18.2 Å². The summed E-state index contributed by atoms with van der Waals surface area (Å²) < 4.78 is 24.8. The standard InChI is InChI=1S/C30H30N4O5/c1-4-36-30(35)24-18-34-29(20(24)2)28(25(31-3)17-32-34)33-22-13-14-26(39-23-10-6-5-7-11-23)21(16-22)19-38-27-12-8-9-15-37-27/h5-7,10-11,13-14,16-18,27,33H,4,8-9,12,15,19H2,1-2H3. The number of carbonyl (C=O) groups excluding carboxylic acids is 1. The number of aromatic nitrogens is 2. The summed E-state index contributed by atoms with van der Waals surface area (Å²) in [7, 11) is 0. The maximum Gasteiger partial charge on any atom is 0.340 e. The molecule has 4 aromatic rings. The first-order valence-corrected chi connectivity index (χ1v) is 13.0. The second kappa shape index (κ2) is 12.0. The Kier molecular flexibility index (Phi) is 8.06. The van der Waals surface area contributed by atoms with E-state index in [0.29, 0.717) is 47.0 Å². The Balaban J connectivity index is 1.50. The number of para-hydroxylation sites is 1. The van der Waals surface area contributed by atoms with Gasteiger partial charge < -0.3 is 24.3 Å². The van der Waals surface area contributed by atoms with Crippen LogP contribution in [-0.4, -0.2) is 35.1 Å². The van der Waals surface area contributed by atoms with Gasteiger partial charge in [0, 0.05) is 24.1 Å². The number of nitrogens with zero attached hydrogens (tertiary/aromatic N) is 3. The van der Waals surface area contributed by atoms with Gasteiger partial charge in [-0.15, -0.1) is 0 Å². The molecule has 1 aliphatic heterocycles. The van der Waals surface area contributed by atoms with Crippen molar-refractivity contribution in [3.05, 3.63) is 89.0 Å². The van der Waals surface area contributed by atoms with E-state index in [9.17, 15) is 4.79 Å². The number of hydrogen-bond acceptors (Lipinski definition) is 7. The van der Waals surface area contributed by atoms with Crippen LogP contribution in [0.4, 0.5) is 17.1 Å². The number of benzene rings is 2. The number of esters is 1. The first-order chi connectivity index (χ1) is 19.1. The molecule has 0 radical (unpaired) electrons. The number of fused-ring (bicyclic) bond motifs is 1. The van der Waals surface area contributed by atoms with Crippen molar-refractivity contribution in [2.45, 2.75) is 46.0 Å². The molecule has 2 aromatic heterocycles.